The molecule has 0 amide bonds. The van der Waals surface area contributed by atoms with Crippen molar-refractivity contribution in [2.24, 2.45) is 0 Å². The van der Waals surface area contributed by atoms with Crippen molar-refractivity contribution in [2.45, 2.75) is 19.3 Å². The highest BCUT2D eigenvalue weighted by Crippen LogP contribution is 2.50. The van der Waals surface area contributed by atoms with E-state index in [0.717, 1.165) is 39.2 Å². The average Bonchev–Trinajstić information content (AvgIpc) is 3.78. The van der Waals surface area contributed by atoms with Crippen molar-refractivity contribution in [3.05, 3.63) is 205 Å². The number of thiophene rings is 1. The first-order valence-corrected chi connectivity index (χ1v) is 20.7. The van der Waals surface area contributed by atoms with Crippen LogP contribution in [0.4, 0.5) is 0 Å². The summed E-state index contributed by atoms with van der Waals surface area (Å²) in [4.78, 5) is 10.7. The largest absolute Gasteiger partial charge is 0.228 e. The Hall–Kier alpha value is -6.94. The fraction of sp³-hybridized carbons (Fsp3) is 0.0545. The third-order valence-corrected chi connectivity index (χ3v) is 13.1. The van der Waals surface area contributed by atoms with Crippen LogP contribution < -0.4 is 0 Å². The summed E-state index contributed by atoms with van der Waals surface area (Å²) in [5.74, 6) is 0.706. The van der Waals surface area contributed by atoms with Crippen molar-refractivity contribution >= 4 is 31.5 Å². The molecule has 0 N–H and O–H groups in total. The van der Waals surface area contributed by atoms with E-state index in [1.54, 1.807) is 0 Å². The lowest BCUT2D eigenvalue weighted by Gasteiger charge is -2.21. The first-order chi connectivity index (χ1) is 28.5. The molecule has 0 spiro atoms. The van der Waals surface area contributed by atoms with Crippen LogP contribution in [0, 0.1) is 0 Å². The third-order valence-electron chi connectivity index (χ3n) is 11.9. The van der Waals surface area contributed by atoms with Crippen molar-refractivity contribution in [1.82, 2.24) is 9.97 Å². The Kier molecular flexibility index (Phi) is 8.06. The molecular weight excluding hydrogens is 721 g/mol. The predicted molar refractivity (Wildman–Crippen MR) is 245 cm³/mol. The smallest absolute Gasteiger partial charge is 0.160 e. The molecule has 0 radical (unpaired) electrons. The van der Waals surface area contributed by atoms with Crippen molar-refractivity contribution in [2.75, 3.05) is 0 Å². The second-order valence-corrected chi connectivity index (χ2v) is 16.8. The third kappa shape index (κ3) is 5.69. The average molecular weight is 759 g/mol. The van der Waals surface area contributed by atoms with Crippen molar-refractivity contribution in [3.8, 4) is 78.4 Å². The summed E-state index contributed by atoms with van der Waals surface area (Å²) in [6.45, 7) is 4.65. The zero-order valence-corrected chi connectivity index (χ0v) is 33.1. The van der Waals surface area contributed by atoms with E-state index in [0.29, 0.717) is 5.82 Å². The van der Waals surface area contributed by atoms with E-state index < -0.39 is 0 Å². The zero-order chi connectivity index (χ0) is 38.8. The Morgan fingerprint density at radius 2 is 0.914 bits per heavy atom. The first-order valence-electron chi connectivity index (χ1n) is 19.9. The van der Waals surface area contributed by atoms with E-state index in [2.05, 4.69) is 202 Å². The molecule has 274 valence electrons. The van der Waals surface area contributed by atoms with Gasteiger partial charge in [-0.05, 0) is 92.0 Å². The summed E-state index contributed by atoms with van der Waals surface area (Å²) in [6.07, 6.45) is 0. The molecule has 2 aromatic heterocycles. The molecule has 11 rings (SSSR count). The molecule has 0 unspecified atom stereocenters. The fourth-order valence-corrected chi connectivity index (χ4v) is 10.2. The minimum absolute atomic E-state index is 0.0688. The SMILES string of the molecule is CC1(C)c2ccccc2-c2cc(-c3cc(-c4cc(-c5ccccc5-c5ccccc5)cc(-c5cccc6c5sc5ccccc56)c4)nc(-c4ccccc4)n3)ccc21. The second kappa shape index (κ2) is 13.6. The molecular formula is C55H38N2S. The molecule has 8 aromatic carbocycles. The van der Waals surface area contributed by atoms with E-state index in [9.17, 15) is 0 Å². The Labute approximate surface area is 342 Å². The van der Waals surface area contributed by atoms with Gasteiger partial charge in [-0.25, -0.2) is 9.97 Å². The number of nitrogens with zero attached hydrogens (tertiary/aromatic N) is 2. The second-order valence-electron chi connectivity index (χ2n) is 15.8. The summed E-state index contributed by atoms with van der Waals surface area (Å²) >= 11 is 1.86. The molecule has 2 nitrogen and oxygen atoms in total. The highest BCUT2D eigenvalue weighted by molar-refractivity contribution is 7.26. The highest BCUT2D eigenvalue weighted by atomic mass is 32.1. The van der Waals surface area contributed by atoms with Gasteiger partial charge in [-0.1, -0.05) is 172 Å². The van der Waals surface area contributed by atoms with Gasteiger partial charge in [0.1, 0.15) is 0 Å². The lowest BCUT2D eigenvalue weighted by molar-refractivity contribution is 0.660. The van der Waals surface area contributed by atoms with Crippen LogP contribution in [-0.2, 0) is 5.41 Å². The van der Waals surface area contributed by atoms with E-state index in [4.69, 9.17) is 9.97 Å². The molecule has 0 atom stereocenters. The van der Waals surface area contributed by atoms with Gasteiger partial charge in [-0.3, -0.25) is 0 Å². The van der Waals surface area contributed by atoms with Gasteiger partial charge in [-0.15, -0.1) is 11.3 Å². The van der Waals surface area contributed by atoms with Crippen molar-refractivity contribution in [3.63, 3.8) is 0 Å². The van der Waals surface area contributed by atoms with Gasteiger partial charge in [-0.2, -0.15) is 0 Å². The molecule has 0 bridgehead atoms. The minimum Gasteiger partial charge on any atom is -0.228 e. The van der Waals surface area contributed by atoms with Gasteiger partial charge in [0.2, 0.25) is 0 Å². The summed E-state index contributed by atoms with van der Waals surface area (Å²) in [5.41, 5.74) is 17.2. The van der Waals surface area contributed by atoms with Crippen LogP contribution >= 0.6 is 11.3 Å². The van der Waals surface area contributed by atoms with Crippen LogP contribution in [-0.4, -0.2) is 9.97 Å². The molecule has 0 aliphatic heterocycles. The number of fused-ring (bicyclic) bond motifs is 6. The van der Waals surface area contributed by atoms with Crippen LogP contribution in [0.5, 0.6) is 0 Å². The van der Waals surface area contributed by atoms with Crippen molar-refractivity contribution < 1.29 is 0 Å². The number of benzene rings is 8. The Morgan fingerprint density at radius 1 is 0.362 bits per heavy atom. The maximum absolute atomic E-state index is 5.37. The molecule has 1 aliphatic carbocycles. The van der Waals surface area contributed by atoms with E-state index >= 15 is 0 Å². The molecule has 10 aromatic rings. The lowest BCUT2D eigenvalue weighted by Crippen LogP contribution is -2.14. The van der Waals surface area contributed by atoms with E-state index in [1.165, 1.54) is 64.7 Å². The summed E-state index contributed by atoms with van der Waals surface area (Å²) in [7, 11) is 0. The molecule has 0 fully saturated rings. The van der Waals surface area contributed by atoms with Gasteiger partial charge < -0.3 is 0 Å². The summed E-state index contributed by atoms with van der Waals surface area (Å²) in [5, 5.41) is 2.58. The summed E-state index contributed by atoms with van der Waals surface area (Å²) < 4.78 is 2.59. The maximum atomic E-state index is 5.37. The van der Waals surface area contributed by atoms with Gasteiger partial charge in [0, 0.05) is 42.3 Å². The van der Waals surface area contributed by atoms with Gasteiger partial charge >= 0.3 is 0 Å². The molecule has 0 saturated carbocycles. The van der Waals surface area contributed by atoms with Crippen molar-refractivity contribution in [1.29, 1.82) is 0 Å². The standard InChI is InChI=1S/C55H38N2S/c1-55(2)48-26-13-11-22-44(48)47-33-37(28-29-49(47)55)50-34-51(57-54(56-50)36-18-7-4-8-19-36)40-31-38(42-21-10-9-20-41(42)35-16-5-3-6-17-35)30-39(32-40)43-24-15-25-46-45-23-12-14-27-52(45)58-53(43)46/h3-34H,1-2H3. The number of hydrogen-bond acceptors (Lipinski definition) is 3. The highest BCUT2D eigenvalue weighted by Gasteiger charge is 2.35. The molecule has 58 heavy (non-hydrogen) atoms. The van der Waals surface area contributed by atoms with E-state index in [1.807, 2.05) is 17.4 Å². The van der Waals surface area contributed by atoms with Crippen LogP contribution in [0.15, 0.2) is 194 Å². The molecule has 0 saturated heterocycles. The quantitative estimate of drug-likeness (QED) is 0.169. The zero-order valence-electron chi connectivity index (χ0n) is 32.3. The number of rotatable bonds is 6. The summed E-state index contributed by atoms with van der Waals surface area (Å²) in [6, 6.07) is 70.2. The Balaban J connectivity index is 1.16. The maximum Gasteiger partial charge on any atom is 0.160 e. The normalized spacial score (nSPS) is 12.8. The van der Waals surface area contributed by atoms with Gasteiger partial charge in [0.25, 0.3) is 0 Å². The fourth-order valence-electron chi connectivity index (χ4n) is 9.00. The molecule has 3 heteroatoms. The molecule has 2 heterocycles. The van der Waals surface area contributed by atoms with Crippen LogP contribution in [0.25, 0.3) is 98.6 Å². The van der Waals surface area contributed by atoms with Gasteiger partial charge in [0.15, 0.2) is 5.82 Å². The topological polar surface area (TPSA) is 25.8 Å². The predicted octanol–water partition coefficient (Wildman–Crippen LogP) is 15.2. The van der Waals surface area contributed by atoms with Crippen LogP contribution in [0.1, 0.15) is 25.0 Å². The Bertz CT molecular complexity index is 3190. The Morgan fingerprint density at radius 3 is 1.69 bits per heavy atom. The minimum atomic E-state index is -0.0688. The van der Waals surface area contributed by atoms with E-state index in [-0.39, 0.29) is 5.41 Å². The monoisotopic (exact) mass is 758 g/mol. The lowest BCUT2D eigenvalue weighted by atomic mass is 9.82. The first kappa shape index (κ1) is 34.3. The number of aromatic nitrogens is 2. The van der Waals surface area contributed by atoms with Crippen LogP contribution in [0.3, 0.4) is 0 Å². The molecule has 1 aliphatic rings. The number of hydrogen-bond donors (Lipinski definition) is 0. The van der Waals surface area contributed by atoms with Crippen LogP contribution in [0.2, 0.25) is 0 Å². The van der Waals surface area contributed by atoms with Gasteiger partial charge in [0.05, 0.1) is 11.4 Å².